The Morgan fingerprint density at radius 1 is 1.33 bits per heavy atom. The molecule has 0 saturated heterocycles. The minimum absolute atomic E-state index is 0.629. The molecule has 1 rings (SSSR count). The maximum Gasteiger partial charge on any atom is 0.0661 e. The van der Waals surface area contributed by atoms with E-state index in [9.17, 15) is 0 Å². The molecule has 9 heavy (non-hydrogen) atoms. The van der Waals surface area contributed by atoms with Crippen molar-refractivity contribution in [1.29, 1.82) is 0 Å². The lowest BCUT2D eigenvalue weighted by Crippen LogP contribution is -1.70. The number of hydrogen-bond acceptors (Lipinski definition) is 0. The van der Waals surface area contributed by atoms with Crippen LogP contribution in [0.2, 0.25) is 0 Å². The maximum absolute atomic E-state index is 5.75. The normalized spacial score (nSPS) is 22.3. The van der Waals surface area contributed by atoms with Crippen molar-refractivity contribution in [2.24, 2.45) is 0 Å². The van der Waals surface area contributed by atoms with E-state index in [1.807, 2.05) is 19.1 Å². The molecule has 0 bridgehead atoms. The summed E-state index contributed by atoms with van der Waals surface area (Å²) < 4.78 is 0. The van der Waals surface area contributed by atoms with Gasteiger partial charge in [0.2, 0.25) is 0 Å². The lowest BCUT2D eigenvalue weighted by Gasteiger charge is -1.90. The zero-order chi connectivity index (χ0) is 6.85. The van der Waals surface area contributed by atoms with E-state index in [-0.39, 0.29) is 0 Å². The van der Waals surface area contributed by atoms with Crippen LogP contribution in [0.15, 0.2) is 33.9 Å². The molecule has 0 N–H and O–H groups in total. The molecule has 0 aromatic carbocycles. The highest BCUT2D eigenvalue weighted by molar-refractivity contribution is 6.42. The second-order valence-corrected chi connectivity index (χ2v) is 2.52. The average molecular weight is 161 g/mol. The fourth-order valence-electron chi connectivity index (χ4n) is 0.670. The van der Waals surface area contributed by atoms with Crippen LogP contribution in [0.25, 0.3) is 0 Å². The monoisotopic (exact) mass is 160 g/mol. The van der Waals surface area contributed by atoms with E-state index in [4.69, 9.17) is 23.2 Å². The standard InChI is InChI=1S/C7H6Cl2/c1-2-5-3-4-6(8)7(5)9/h2-4H,1H3/b5-2+. The first-order chi connectivity index (χ1) is 4.25. The summed E-state index contributed by atoms with van der Waals surface area (Å²) in [6.07, 6.45) is 5.61. The van der Waals surface area contributed by atoms with Crippen molar-refractivity contribution in [1.82, 2.24) is 0 Å². The van der Waals surface area contributed by atoms with Crippen LogP contribution in [0.3, 0.4) is 0 Å². The third-order valence-corrected chi connectivity index (χ3v) is 2.02. The first-order valence-corrected chi connectivity index (χ1v) is 3.41. The second kappa shape index (κ2) is 2.59. The van der Waals surface area contributed by atoms with Gasteiger partial charge in [0.05, 0.1) is 10.1 Å². The molecule has 0 saturated carbocycles. The molecule has 2 heteroatoms. The van der Waals surface area contributed by atoms with Gasteiger partial charge in [-0.3, -0.25) is 0 Å². The first-order valence-electron chi connectivity index (χ1n) is 2.65. The molecule has 0 radical (unpaired) electrons. The molecule has 0 heterocycles. The Bertz CT molecular complexity index is 209. The summed E-state index contributed by atoms with van der Waals surface area (Å²) in [7, 11) is 0. The zero-order valence-corrected chi connectivity index (χ0v) is 6.50. The summed E-state index contributed by atoms with van der Waals surface area (Å²) in [6.45, 7) is 1.93. The quantitative estimate of drug-likeness (QED) is 0.511. The summed E-state index contributed by atoms with van der Waals surface area (Å²) in [5.41, 5.74) is 1.00. The summed E-state index contributed by atoms with van der Waals surface area (Å²) >= 11 is 11.4. The molecular weight excluding hydrogens is 155 g/mol. The molecule has 0 fully saturated rings. The van der Waals surface area contributed by atoms with Crippen LogP contribution < -0.4 is 0 Å². The van der Waals surface area contributed by atoms with Gasteiger partial charge in [-0.25, -0.2) is 0 Å². The molecular formula is C7H6Cl2. The Morgan fingerprint density at radius 2 is 2.00 bits per heavy atom. The summed E-state index contributed by atoms with van der Waals surface area (Å²) in [5, 5.41) is 1.28. The molecule has 48 valence electrons. The van der Waals surface area contributed by atoms with E-state index in [1.54, 1.807) is 6.08 Å². The highest BCUT2D eigenvalue weighted by atomic mass is 35.5. The van der Waals surface area contributed by atoms with Crippen molar-refractivity contribution in [2.75, 3.05) is 0 Å². The Labute approximate surface area is 64.5 Å². The van der Waals surface area contributed by atoms with E-state index in [0.29, 0.717) is 10.1 Å². The van der Waals surface area contributed by atoms with Crippen molar-refractivity contribution in [3.05, 3.63) is 33.9 Å². The Morgan fingerprint density at radius 3 is 2.22 bits per heavy atom. The van der Waals surface area contributed by atoms with Gasteiger partial charge in [-0.15, -0.1) is 0 Å². The second-order valence-electron chi connectivity index (χ2n) is 1.74. The van der Waals surface area contributed by atoms with Crippen LogP contribution >= 0.6 is 23.2 Å². The minimum atomic E-state index is 0.629. The van der Waals surface area contributed by atoms with Crippen molar-refractivity contribution in [3.8, 4) is 0 Å². The van der Waals surface area contributed by atoms with Gasteiger partial charge in [0.15, 0.2) is 0 Å². The predicted molar refractivity (Wildman–Crippen MR) is 41.6 cm³/mol. The van der Waals surface area contributed by atoms with Gasteiger partial charge in [-0.2, -0.15) is 0 Å². The van der Waals surface area contributed by atoms with Crippen LogP contribution in [0, 0.1) is 0 Å². The third kappa shape index (κ3) is 1.20. The molecule has 0 spiro atoms. The van der Waals surface area contributed by atoms with Crippen LogP contribution in [-0.4, -0.2) is 0 Å². The lowest BCUT2D eigenvalue weighted by atomic mass is 10.3. The van der Waals surface area contributed by atoms with E-state index in [0.717, 1.165) is 5.57 Å². The Hall–Kier alpha value is -0.200. The number of halogens is 2. The van der Waals surface area contributed by atoms with Crippen LogP contribution in [0.5, 0.6) is 0 Å². The fourth-order valence-corrected chi connectivity index (χ4v) is 1.08. The minimum Gasteiger partial charge on any atom is -0.0827 e. The van der Waals surface area contributed by atoms with E-state index >= 15 is 0 Å². The van der Waals surface area contributed by atoms with E-state index < -0.39 is 0 Å². The van der Waals surface area contributed by atoms with Crippen molar-refractivity contribution >= 4 is 23.2 Å². The molecule has 0 aromatic heterocycles. The summed E-state index contributed by atoms with van der Waals surface area (Å²) in [5.74, 6) is 0. The van der Waals surface area contributed by atoms with Gasteiger partial charge in [0.1, 0.15) is 0 Å². The molecule has 0 nitrogen and oxygen atoms in total. The first kappa shape index (κ1) is 6.91. The fraction of sp³-hybridized carbons (Fsp3) is 0.143. The molecule has 0 unspecified atom stereocenters. The highest BCUT2D eigenvalue weighted by Crippen LogP contribution is 2.29. The molecule has 1 aliphatic carbocycles. The van der Waals surface area contributed by atoms with Crippen molar-refractivity contribution < 1.29 is 0 Å². The molecule has 0 aromatic rings. The Kier molecular flexibility index (Phi) is 1.99. The molecule has 1 aliphatic rings. The third-order valence-electron chi connectivity index (χ3n) is 1.18. The maximum atomic E-state index is 5.75. The average Bonchev–Trinajstić information content (AvgIpc) is 2.15. The Balaban J connectivity index is 3.01. The smallest absolute Gasteiger partial charge is 0.0661 e. The predicted octanol–water partition coefficient (Wildman–Crippen LogP) is 3.19. The summed E-state index contributed by atoms with van der Waals surface area (Å²) in [6, 6.07) is 0. The topological polar surface area (TPSA) is 0 Å². The molecule has 0 aliphatic heterocycles. The highest BCUT2D eigenvalue weighted by Gasteiger charge is 2.07. The zero-order valence-electron chi connectivity index (χ0n) is 4.99. The van der Waals surface area contributed by atoms with Crippen molar-refractivity contribution in [3.63, 3.8) is 0 Å². The van der Waals surface area contributed by atoms with E-state index in [2.05, 4.69) is 0 Å². The van der Waals surface area contributed by atoms with E-state index in [1.165, 1.54) is 0 Å². The van der Waals surface area contributed by atoms with Gasteiger partial charge in [-0.05, 0) is 18.6 Å². The number of rotatable bonds is 0. The van der Waals surface area contributed by atoms with Gasteiger partial charge >= 0.3 is 0 Å². The largest absolute Gasteiger partial charge is 0.0827 e. The number of hydrogen-bond donors (Lipinski definition) is 0. The SMILES string of the molecule is C/C=C1\C=CC(Cl)=C1Cl. The molecule has 0 amide bonds. The van der Waals surface area contributed by atoms with Gasteiger partial charge in [-0.1, -0.05) is 35.4 Å². The van der Waals surface area contributed by atoms with Crippen LogP contribution in [0.1, 0.15) is 6.92 Å². The molecule has 0 atom stereocenters. The summed E-state index contributed by atoms with van der Waals surface area (Å²) in [4.78, 5) is 0. The lowest BCUT2D eigenvalue weighted by molar-refractivity contribution is 1.61. The van der Waals surface area contributed by atoms with Gasteiger partial charge in [0, 0.05) is 0 Å². The van der Waals surface area contributed by atoms with Gasteiger partial charge in [0.25, 0.3) is 0 Å². The van der Waals surface area contributed by atoms with Crippen LogP contribution in [-0.2, 0) is 0 Å². The van der Waals surface area contributed by atoms with Crippen LogP contribution in [0.4, 0.5) is 0 Å². The van der Waals surface area contributed by atoms with Gasteiger partial charge < -0.3 is 0 Å². The van der Waals surface area contributed by atoms with Crippen molar-refractivity contribution in [2.45, 2.75) is 6.92 Å². The number of allylic oxidation sites excluding steroid dienone is 6.